The fourth-order valence-corrected chi connectivity index (χ4v) is 2.52. The van der Waals surface area contributed by atoms with Crippen molar-refractivity contribution in [2.75, 3.05) is 18.9 Å². The Morgan fingerprint density at radius 3 is 2.74 bits per heavy atom. The highest BCUT2D eigenvalue weighted by molar-refractivity contribution is 5.94. The molecule has 19 heavy (non-hydrogen) atoms. The van der Waals surface area contributed by atoms with Crippen molar-refractivity contribution in [3.8, 4) is 0 Å². The van der Waals surface area contributed by atoms with Crippen molar-refractivity contribution >= 4 is 11.8 Å². The molecule has 1 aromatic rings. The monoisotopic (exact) mass is 267 g/mol. The summed E-state index contributed by atoms with van der Waals surface area (Å²) in [6.07, 6.45) is 3.68. The lowest BCUT2D eigenvalue weighted by molar-refractivity contribution is 0.0623. The van der Waals surface area contributed by atoms with Crippen LogP contribution in [0.4, 0.5) is 5.82 Å². The topological polar surface area (TPSA) is 90.4 Å². The first-order valence-electron chi connectivity index (χ1n) is 6.79. The van der Waals surface area contributed by atoms with Gasteiger partial charge in [0.25, 0.3) is 0 Å². The largest absolute Gasteiger partial charge is 0.477 e. The Labute approximate surface area is 112 Å². The van der Waals surface area contributed by atoms with Gasteiger partial charge < -0.3 is 15.6 Å². The molecule has 1 fully saturated rings. The minimum atomic E-state index is -0.994. The standard InChI is InChI=1S/C13H21N3O3/c1-2-10-11(13(17)18)12(14)16(15-10)6-3-9-4-7-19-8-5-9/h9H,2-8,14H2,1H3,(H,17,18). The number of hydrogen-bond acceptors (Lipinski definition) is 4. The summed E-state index contributed by atoms with van der Waals surface area (Å²) in [6.45, 7) is 4.20. The van der Waals surface area contributed by atoms with Gasteiger partial charge in [-0.15, -0.1) is 0 Å². The minimum absolute atomic E-state index is 0.162. The van der Waals surface area contributed by atoms with E-state index in [1.807, 2.05) is 6.92 Å². The van der Waals surface area contributed by atoms with Crippen LogP contribution in [0.15, 0.2) is 0 Å². The normalized spacial score (nSPS) is 16.7. The molecule has 3 N–H and O–H groups in total. The number of nitrogens with zero attached hydrogens (tertiary/aromatic N) is 2. The summed E-state index contributed by atoms with van der Waals surface area (Å²) >= 11 is 0. The van der Waals surface area contributed by atoms with E-state index >= 15 is 0 Å². The molecule has 1 aliphatic rings. The number of carbonyl (C=O) groups is 1. The number of anilines is 1. The first-order valence-corrected chi connectivity index (χ1v) is 6.79. The Morgan fingerprint density at radius 2 is 2.21 bits per heavy atom. The predicted octanol–water partition coefficient (Wildman–Crippen LogP) is 1.54. The van der Waals surface area contributed by atoms with E-state index in [2.05, 4.69) is 5.10 Å². The van der Waals surface area contributed by atoms with Crippen LogP contribution in [0.25, 0.3) is 0 Å². The number of aromatic nitrogens is 2. The molecule has 0 aliphatic carbocycles. The molecule has 0 bridgehead atoms. The second kappa shape index (κ2) is 6.06. The van der Waals surface area contributed by atoms with E-state index in [1.165, 1.54) is 0 Å². The Bertz CT molecular complexity index is 450. The molecule has 0 unspecified atom stereocenters. The van der Waals surface area contributed by atoms with Crippen LogP contribution < -0.4 is 5.73 Å². The molecule has 1 saturated heterocycles. The Hall–Kier alpha value is -1.56. The van der Waals surface area contributed by atoms with Gasteiger partial charge in [0.05, 0.1) is 5.69 Å². The maximum Gasteiger partial charge on any atom is 0.341 e. The van der Waals surface area contributed by atoms with Crippen LogP contribution in [-0.4, -0.2) is 34.1 Å². The van der Waals surface area contributed by atoms with Crippen molar-refractivity contribution in [1.82, 2.24) is 9.78 Å². The van der Waals surface area contributed by atoms with Crippen LogP contribution in [0.3, 0.4) is 0 Å². The van der Waals surface area contributed by atoms with Crippen LogP contribution in [0.1, 0.15) is 42.2 Å². The van der Waals surface area contributed by atoms with Gasteiger partial charge in [-0.25, -0.2) is 9.48 Å². The maximum atomic E-state index is 11.2. The molecule has 2 rings (SSSR count). The van der Waals surface area contributed by atoms with E-state index in [4.69, 9.17) is 15.6 Å². The van der Waals surface area contributed by atoms with Gasteiger partial charge in [-0.3, -0.25) is 0 Å². The average Bonchev–Trinajstić information content (AvgIpc) is 2.74. The van der Waals surface area contributed by atoms with Gasteiger partial charge in [0.2, 0.25) is 0 Å². The fraction of sp³-hybridized carbons (Fsp3) is 0.692. The highest BCUT2D eigenvalue weighted by Crippen LogP contribution is 2.22. The second-order valence-electron chi connectivity index (χ2n) is 4.93. The highest BCUT2D eigenvalue weighted by atomic mass is 16.5. The molecule has 2 heterocycles. The molecule has 0 radical (unpaired) electrons. The summed E-state index contributed by atoms with van der Waals surface area (Å²) in [6, 6.07) is 0. The lowest BCUT2D eigenvalue weighted by atomic mass is 9.97. The van der Waals surface area contributed by atoms with E-state index in [0.717, 1.165) is 32.5 Å². The molecule has 1 aliphatic heterocycles. The lowest BCUT2D eigenvalue weighted by Gasteiger charge is -2.21. The van der Waals surface area contributed by atoms with Gasteiger partial charge >= 0.3 is 5.97 Å². The van der Waals surface area contributed by atoms with E-state index in [9.17, 15) is 4.79 Å². The second-order valence-corrected chi connectivity index (χ2v) is 4.93. The van der Waals surface area contributed by atoms with Crippen molar-refractivity contribution < 1.29 is 14.6 Å². The maximum absolute atomic E-state index is 11.2. The number of carboxylic acids is 1. The third kappa shape index (κ3) is 3.07. The van der Waals surface area contributed by atoms with Gasteiger partial charge in [-0.2, -0.15) is 5.10 Å². The minimum Gasteiger partial charge on any atom is -0.477 e. The molecule has 6 nitrogen and oxygen atoms in total. The number of aromatic carboxylic acids is 1. The van der Waals surface area contributed by atoms with Crippen LogP contribution in [0, 0.1) is 5.92 Å². The van der Waals surface area contributed by atoms with Gasteiger partial charge in [-0.1, -0.05) is 6.92 Å². The fourth-order valence-electron chi connectivity index (χ4n) is 2.52. The first kappa shape index (κ1) is 13.9. The number of rotatable bonds is 5. The quantitative estimate of drug-likeness (QED) is 0.844. The van der Waals surface area contributed by atoms with Gasteiger partial charge in [-0.05, 0) is 31.6 Å². The summed E-state index contributed by atoms with van der Waals surface area (Å²) in [4.78, 5) is 11.2. The Kier molecular flexibility index (Phi) is 4.42. The smallest absolute Gasteiger partial charge is 0.341 e. The molecule has 6 heteroatoms. The summed E-state index contributed by atoms with van der Waals surface area (Å²) in [5.41, 5.74) is 6.62. The summed E-state index contributed by atoms with van der Waals surface area (Å²) in [5.74, 6) is -0.0984. The molecule has 1 aromatic heterocycles. The zero-order chi connectivity index (χ0) is 13.8. The number of aryl methyl sites for hydroxylation is 2. The SMILES string of the molecule is CCc1nn(CCC2CCOCC2)c(N)c1C(=O)O. The zero-order valence-electron chi connectivity index (χ0n) is 11.3. The number of ether oxygens (including phenoxy) is 1. The van der Waals surface area contributed by atoms with Crippen molar-refractivity contribution in [2.45, 2.75) is 39.2 Å². The summed E-state index contributed by atoms with van der Waals surface area (Å²) in [5, 5.41) is 13.5. The number of nitrogens with two attached hydrogens (primary N) is 1. The van der Waals surface area contributed by atoms with Gasteiger partial charge in [0, 0.05) is 19.8 Å². The van der Waals surface area contributed by atoms with Crippen LogP contribution in [-0.2, 0) is 17.7 Å². The number of nitrogen functional groups attached to an aromatic ring is 1. The molecule has 0 atom stereocenters. The molecular weight excluding hydrogens is 246 g/mol. The van der Waals surface area contributed by atoms with Crippen molar-refractivity contribution in [3.63, 3.8) is 0 Å². The van der Waals surface area contributed by atoms with Crippen LogP contribution >= 0.6 is 0 Å². The van der Waals surface area contributed by atoms with Gasteiger partial charge in [0.1, 0.15) is 11.4 Å². The Balaban J connectivity index is 2.05. The molecule has 0 saturated carbocycles. The Morgan fingerprint density at radius 1 is 1.53 bits per heavy atom. The summed E-state index contributed by atoms with van der Waals surface area (Å²) < 4.78 is 6.96. The van der Waals surface area contributed by atoms with E-state index < -0.39 is 5.97 Å². The van der Waals surface area contributed by atoms with Gasteiger partial charge in [0.15, 0.2) is 0 Å². The zero-order valence-corrected chi connectivity index (χ0v) is 11.3. The molecule has 106 valence electrons. The van der Waals surface area contributed by atoms with E-state index in [-0.39, 0.29) is 11.4 Å². The molecule has 0 aromatic carbocycles. The van der Waals surface area contributed by atoms with E-state index in [1.54, 1.807) is 4.68 Å². The third-order valence-corrected chi connectivity index (χ3v) is 3.70. The van der Waals surface area contributed by atoms with Crippen molar-refractivity contribution in [3.05, 3.63) is 11.3 Å². The van der Waals surface area contributed by atoms with Crippen LogP contribution in [0.2, 0.25) is 0 Å². The third-order valence-electron chi connectivity index (χ3n) is 3.70. The highest BCUT2D eigenvalue weighted by Gasteiger charge is 2.21. The van der Waals surface area contributed by atoms with Crippen LogP contribution in [0.5, 0.6) is 0 Å². The van der Waals surface area contributed by atoms with Crippen molar-refractivity contribution in [1.29, 1.82) is 0 Å². The van der Waals surface area contributed by atoms with E-state index in [0.29, 0.717) is 24.6 Å². The van der Waals surface area contributed by atoms with Crippen molar-refractivity contribution in [2.24, 2.45) is 5.92 Å². The number of carboxylic acid groups (broad SMARTS) is 1. The predicted molar refractivity (Wildman–Crippen MR) is 71.1 cm³/mol. The molecule has 0 spiro atoms. The summed E-state index contributed by atoms with van der Waals surface area (Å²) in [7, 11) is 0. The molecular formula is C13H21N3O3. The first-order chi connectivity index (χ1) is 9.13. The number of hydrogen-bond donors (Lipinski definition) is 2. The average molecular weight is 267 g/mol. The molecule has 0 amide bonds. The lowest BCUT2D eigenvalue weighted by Crippen LogP contribution is -2.18.